The Morgan fingerprint density at radius 3 is 2.50 bits per heavy atom. The Balaban J connectivity index is 1.58. The van der Waals surface area contributed by atoms with E-state index in [-0.39, 0.29) is 6.54 Å². The van der Waals surface area contributed by atoms with Crippen molar-refractivity contribution in [3.63, 3.8) is 0 Å². The van der Waals surface area contributed by atoms with Gasteiger partial charge < -0.3 is 19.3 Å². The molecule has 170 valence electrons. The highest BCUT2D eigenvalue weighted by Gasteiger charge is 2.33. The summed E-state index contributed by atoms with van der Waals surface area (Å²) in [6.45, 7) is 6.45. The first-order valence-corrected chi connectivity index (χ1v) is 10.4. The normalized spacial score (nSPS) is 16.5. The van der Waals surface area contributed by atoms with Gasteiger partial charge in [-0.15, -0.1) is 0 Å². The van der Waals surface area contributed by atoms with Crippen molar-refractivity contribution in [2.75, 3.05) is 26.2 Å². The van der Waals surface area contributed by atoms with Gasteiger partial charge >= 0.3 is 11.9 Å². The Morgan fingerprint density at radius 1 is 1.19 bits per heavy atom. The number of hydrogen-bond acceptors (Lipinski definition) is 6. The molecule has 0 spiro atoms. The van der Waals surface area contributed by atoms with Gasteiger partial charge in [0.15, 0.2) is 0 Å². The first-order chi connectivity index (χ1) is 15.2. The molecule has 10 heteroatoms. The standard InChI is InChI=1S/C22H25FN4O5/c1-13-17(14(2)32-24-13)10-25-5-7-26(8-6-25)21(22(30)31)18-11-27(12-20(28)29)19-9-15(23)3-4-16(18)19/h3-4,9,11,21H,5-8,10,12H2,1-2H3,(H,28,29)(H,30,31). The van der Waals surface area contributed by atoms with E-state index >= 15 is 0 Å². The van der Waals surface area contributed by atoms with Gasteiger partial charge in [-0.3, -0.25) is 19.4 Å². The van der Waals surface area contributed by atoms with Gasteiger partial charge in [0.1, 0.15) is 24.2 Å². The van der Waals surface area contributed by atoms with Gasteiger partial charge in [0, 0.05) is 55.4 Å². The van der Waals surface area contributed by atoms with E-state index in [2.05, 4.69) is 10.1 Å². The lowest BCUT2D eigenvalue weighted by molar-refractivity contribution is -0.144. The Labute approximate surface area is 183 Å². The number of halogens is 1. The molecule has 1 unspecified atom stereocenters. The van der Waals surface area contributed by atoms with E-state index in [1.807, 2.05) is 18.7 Å². The smallest absolute Gasteiger partial charge is 0.325 e. The highest BCUT2D eigenvalue weighted by atomic mass is 19.1. The van der Waals surface area contributed by atoms with Crippen molar-refractivity contribution < 1.29 is 28.7 Å². The maximum atomic E-state index is 13.8. The second-order valence-electron chi connectivity index (χ2n) is 8.12. The zero-order valence-corrected chi connectivity index (χ0v) is 17.9. The molecule has 1 fully saturated rings. The van der Waals surface area contributed by atoms with Crippen LogP contribution in [0.4, 0.5) is 4.39 Å². The van der Waals surface area contributed by atoms with Gasteiger partial charge in [0.2, 0.25) is 0 Å². The summed E-state index contributed by atoms with van der Waals surface area (Å²) >= 11 is 0. The molecule has 3 heterocycles. The average molecular weight is 444 g/mol. The highest BCUT2D eigenvalue weighted by Crippen LogP contribution is 2.32. The van der Waals surface area contributed by atoms with Crippen LogP contribution in [0.3, 0.4) is 0 Å². The third-order valence-corrected chi connectivity index (χ3v) is 6.04. The Bertz CT molecular complexity index is 1140. The van der Waals surface area contributed by atoms with E-state index < -0.39 is 23.8 Å². The second-order valence-corrected chi connectivity index (χ2v) is 8.12. The van der Waals surface area contributed by atoms with Gasteiger partial charge in [-0.1, -0.05) is 5.16 Å². The number of carboxylic acid groups (broad SMARTS) is 2. The van der Waals surface area contributed by atoms with E-state index in [1.165, 1.54) is 29.0 Å². The fraction of sp³-hybridized carbons (Fsp3) is 0.409. The predicted octanol–water partition coefficient (Wildman–Crippen LogP) is 2.41. The van der Waals surface area contributed by atoms with Crippen LogP contribution in [0.25, 0.3) is 10.9 Å². The molecule has 0 saturated carbocycles. The van der Waals surface area contributed by atoms with Crippen LogP contribution >= 0.6 is 0 Å². The van der Waals surface area contributed by atoms with Crippen molar-refractivity contribution in [3.8, 4) is 0 Å². The Kier molecular flexibility index (Phi) is 5.98. The van der Waals surface area contributed by atoms with Crippen LogP contribution in [-0.4, -0.2) is 67.9 Å². The molecular formula is C22H25FN4O5. The fourth-order valence-electron chi connectivity index (χ4n) is 4.40. The average Bonchev–Trinajstić information content (AvgIpc) is 3.23. The van der Waals surface area contributed by atoms with E-state index in [4.69, 9.17) is 4.52 Å². The summed E-state index contributed by atoms with van der Waals surface area (Å²) in [5.41, 5.74) is 2.73. The van der Waals surface area contributed by atoms with Crippen molar-refractivity contribution in [1.82, 2.24) is 19.5 Å². The number of benzene rings is 1. The molecule has 1 aliphatic rings. The molecule has 0 radical (unpaired) electrons. The zero-order chi connectivity index (χ0) is 23.0. The third-order valence-electron chi connectivity index (χ3n) is 6.04. The Morgan fingerprint density at radius 2 is 1.91 bits per heavy atom. The van der Waals surface area contributed by atoms with E-state index in [1.54, 1.807) is 0 Å². The zero-order valence-electron chi connectivity index (χ0n) is 17.9. The minimum absolute atomic E-state index is 0.366. The number of hydrogen-bond donors (Lipinski definition) is 2. The van der Waals surface area contributed by atoms with Crippen molar-refractivity contribution in [2.24, 2.45) is 0 Å². The molecule has 1 atom stereocenters. The van der Waals surface area contributed by atoms with Crippen LogP contribution in [0.5, 0.6) is 0 Å². The number of carboxylic acids is 2. The number of fused-ring (bicyclic) bond motifs is 1. The molecule has 1 aliphatic heterocycles. The number of carbonyl (C=O) groups is 2. The van der Waals surface area contributed by atoms with Crippen molar-refractivity contribution >= 4 is 22.8 Å². The largest absolute Gasteiger partial charge is 0.480 e. The van der Waals surface area contributed by atoms with Crippen molar-refractivity contribution in [1.29, 1.82) is 0 Å². The maximum absolute atomic E-state index is 13.8. The van der Waals surface area contributed by atoms with E-state index in [9.17, 15) is 24.2 Å². The lowest BCUT2D eigenvalue weighted by Crippen LogP contribution is -2.48. The Hall–Kier alpha value is -3.24. The van der Waals surface area contributed by atoms with Crippen molar-refractivity contribution in [2.45, 2.75) is 33.0 Å². The molecule has 1 saturated heterocycles. The summed E-state index contributed by atoms with van der Waals surface area (Å²) in [6, 6.07) is 3.06. The van der Waals surface area contributed by atoms with Crippen molar-refractivity contribution in [3.05, 3.63) is 52.8 Å². The van der Waals surface area contributed by atoms with Crippen LogP contribution in [0, 0.1) is 19.7 Å². The molecule has 0 amide bonds. The lowest BCUT2D eigenvalue weighted by Gasteiger charge is -2.37. The molecule has 3 aromatic rings. The van der Waals surface area contributed by atoms with Crippen LogP contribution in [0.15, 0.2) is 28.9 Å². The molecule has 4 rings (SSSR count). The maximum Gasteiger partial charge on any atom is 0.325 e. The minimum Gasteiger partial charge on any atom is -0.480 e. The number of nitrogens with zero attached hydrogens (tertiary/aromatic N) is 4. The summed E-state index contributed by atoms with van der Waals surface area (Å²) in [5, 5.41) is 23.8. The highest BCUT2D eigenvalue weighted by molar-refractivity contribution is 5.90. The number of piperazine rings is 1. The summed E-state index contributed by atoms with van der Waals surface area (Å²) in [7, 11) is 0. The predicted molar refractivity (Wildman–Crippen MR) is 113 cm³/mol. The third kappa shape index (κ3) is 4.23. The first-order valence-electron chi connectivity index (χ1n) is 10.4. The van der Waals surface area contributed by atoms with Crippen LogP contribution in [0.2, 0.25) is 0 Å². The molecule has 0 aliphatic carbocycles. The fourth-order valence-corrected chi connectivity index (χ4v) is 4.40. The lowest BCUT2D eigenvalue weighted by atomic mass is 10.0. The quantitative estimate of drug-likeness (QED) is 0.572. The number of aromatic nitrogens is 2. The van der Waals surface area contributed by atoms with Gasteiger partial charge in [-0.2, -0.15) is 0 Å². The molecule has 2 aromatic heterocycles. The molecular weight excluding hydrogens is 419 g/mol. The van der Waals surface area contributed by atoms with Crippen LogP contribution < -0.4 is 0 Å². The van der Waals surface area contributed by atoms with Crippen LogP contribution in [0.1, 0.15) is 28.6 Å². The first kappa shape index (κ1) is 22.0. The van der Waals surface area contributed by atoms with Crippen LogP contribution in [-0.2, 0) is 22.7 Å². The molecule has 2 N–H and O–H groups in total. The SMILES string of the molecule is Cc1noc(C)c1CN1CCN(C(C(=O)O)c2cn(CC(=O)O)c3cc(F)ccc23)CC1. The monoisotopic (exact) mass is 444 g/mol. The van der Waals surface area contributed by atoms with Gasteiger partial charge in [0.05, 0.1) is 11.2 Å². The van der Waals surface area contributed by atoms with Gasteiger partial charge in [-0.25, -0.2) is 4.39 Å². The topological polar surface area (TPSA) is 112 Å². The van der Waals surface area contributed by atoms with Gasteiger partial charge in [-0.05, 0) is 32.0 Å². The number of rotatable bonds is 7. The second kappa shape index (κ2) is 8.71. The summed E-state index contributed by atoms with van der Waals surface area (Å²) in [6.07, 6.45) is 1.52. The summed E-state index contributed by atoms with van der Waals surface area (Å²) in [4.78, 5) is 27.7. The molecule has 32 heavy (non-hydrogen) atoms. The summed E-state index contributed by atoms with van der Waals surface area (Å²) in [5.74, 6) is -1.83. The minimum atomic E-state index is -1.09. The van der Waals surface area contributed by atoms with Gasteiger partial charge in [0.25, 0.3) is 0 Å². The molecule has 1 aromatic carbocycles. The van der Waals surface area contributed by atoms with E-state index in [0.29, 0.717) is 49.2 Å². The molecule has 0 bridgehead atoms. The van der Waals surface area contributed by atoms with E-state index in [0.717, 1.165) is 17.0 Å². The number of aliphatic carboxylic acids is 2. The summed E-state index contributed by atoms with van der Waals surface area (Å²) < 4.78 is 20.4. The molecule has 9 nitrogen and oxygen atoms in total. The number of aryl methyl sites for hydroxylation is 2.